The van der Waals surface area contributed by atoms with Gasteiger partial charge in [-0.3, -0.25) is 4.79 Å². The van der Waals surface area contributed by atoms with Crippen molar-refractivity contribution in [3.8, 4) is 0 Å². The third kappa shape index (κ3) is 2.78. The van der Waals surface area contributed by atoms with Gasteiger partial charge >= 0.3 is 0 Å². The first-order valence-corrected chi connectivity index (χ1v) is 7.06. The number of allylic oxidation sites excluding steroid dienone is 4. The van der Waals surface area contributed by atoms with E-state index < -0.39 is 0 Å². The molecule has 0 heterocycles. The molecule has 0 radical (unpaired) electrons. The van der Waals surface area contributed by atoms with Crippen molar-refractivity contribution in [2.45, 2.75) is 38.6 Å². The van der Waals surface area contributed by atoms with Crippen LogP contribution in [0.3, 0.4) is 0 Å². The van der Waals surface area contributed by atoms with Crippen molar-refractivity contribution in [1.29, 1.82) is 0 Å². The second-order valence-corrected chi connectivity index (χ2v) is 5.29. The standard InChI is InChI=1S/C17H19NO/c19-17-8-4-7-14-11-15(9-10-16(14)17)18-12-13-5-2-1-3-6-13/h1-3,5-6,11,18H,4,7-10,12H2. The molecule has 2 heteroatoms. The first-order chi connectivity index (χ1) is 9.33. The highest BCUT2D eigenvalue weighted by atomic mass is 16.1. The van der Waals surface area contributed by atoms with Crippen molar-refractivity contribution in [3.63, 3.8) is 0 Å². The number of Topliss-reactive ketones (excluding diaryl/α,β-unsaturated/α-hetero) is 1. The fraction of sp³-hybridized carbons (Fsp3) is 0.353. The zero-order valence-corrected chi connectivity index (χ0v) is 11.1. The molecule has 1 N–H and O–H groups in total. The van der Waals surface area contributed by atoms with Crippen LogP contribution in [-0.2, 0) is 11.3 Å². The molecule has 0 saturated carbocycles. The van der Waals surface area contributed by atoms with Gasteiger partial charge in [0, 0.05) is 18.7 Å². The van der Waals surface area contributed by atoms with Crippen LogP contribution >= 0.6 is 0 Å². The van der Waals surface area contributed by atoms with Gasteiger partial charge in [-0.05, 0) is 48.5 Å². The van der Waals surface area contributed by atoms with E-state index in [4.69, 9.17) is 0 Å². The number of ketones is 1. The monoisotopic (exact) mass is 253 g/mol. The number of hydrogen-bond acceptors (Lipinski definition) is 2. The third-order valence-electron chi connectivity index (χ3n) is 3.93. The topological polar surface area (TPSA) is 29.1 Å². The average Bonchev–Trinajstić information content (AvgIpc) is 2.46. The first-order valence-electron chi connectivity index (χ1n) is 7.06. The Morgan fingerprint density at radius 3 is 2.68 bits per heavy atom. The summed E-state index contributed by atoms with van der Waals surface area (Å²) in [4.78, 5) is 11.8. The van der Waals surface area contributed by atoms with Crippen molar-refractivity contribution in [2.75, 3.05) is 0 Å². The van der Waals surface area contributed by atoms with Crippen molar-refractivity contribution in [3.05, 3.63) is 58.8 Å². The van der Waals surface area contributed by atoms with E-state index in [0.717, 1.165) is 44.2 Å². The van der Waals surface area contributed by atoms with Crippen LogP contribution in [0.4, 0.5) is 0 Å². The normalized spacial score (nSPS) is 18.9. The molecule has 0 unspecified atom stereocenters. The molecule has 0 amide bonds. The number of hydrogen-bond donors (Lipinski definition) is 1. The Morgan fingerprint density at radius 1 is 1.00 bits per heavy atom. The molecule has 2 nitrogen and oxygen atoms in total. The van der Waals surface area contributed by atoms with Crippen LogP contribution in [0.15, 0.2) is 53.3 Å². The molecule has 2 aliphatic carbocycles. The van der Waals surface area contributed by atoms with Crippen LogP contribution in [0.1, 0.15) is 37.7 Å². The number of carbonyl (C=O) groups is 1. The molecule has 1 aromatic carbocycles. The highest BCUT2D eigenvalue weighted by Crippen LogP contribution is 2.31. The third-order valence-corrected chi connectivity index (χ3v) is 3.93. The van der Waals surface area contributed by atoms with E-state index in [1.807, 2.05) is 6.07 Å². The molecule has 0 bridgehead atoms. The lowest BCUT2D eigenvalue weighted by Crippen LogP contribution is -2.20. The van der Waals surface area contributed by atoms with Crippen LogP contribution in [-0.4, -0.2) is 5.78 Å². The van der Waals surface area contributed by atoms with Crippen LogP contribution in [0.25, 0.3) is 0 Å². The van der Waals surface area contributed by atoms with Crippen LogP contribution in [0.2, 0.25) is 0 Å². The number of rotatable bonds is 3. The lowest BCUT2D eigenvalue weighted by Gasteiger charge is -2.23. The molecule has 0 spiro atoms. The maximum Gasteiger partial charge on any atom is 0.159 e. The predicted octanol–water partition coefficient (Wildman–Crippen LogP) is 3.50. The van der Waals surface area contributed by atoms with E-state index in [2.05, 4.69) is 35.7 Å². The van der Waals surface area contributed by atoms with Gasteiger partial charge < -0.3 is 5.32 Å². The minimum absolute atomic E-state index is 0.375. The fourth-order valence-corrected chi connectivity index (χ4v) is 2.87. The quantitative estimate of drug-likeness (QED) is 0.893. The average molecular weight is 253 g/mol. The summed E-state index contributed by atoms with van der Waals surface area (Å²) in [5, 5.41) is 3.50. The van der Waals surface area contributed by atoms with Gasteiger partial charge in [-0.1, -0.05) is 30.3 Å². The van der Waals surface area contributed by atoms with Gasteiger partial charge in [0.2, 0.25) is 0 Å². The molecule has 0 saturated heterocycles. The van der Waals surface area contributed by atoms with Gasteiger partial charge in [-0.2, -0.15) is 0 Å². The summed E-state index contributed by atoms with van der Waals surface area (Å²) in [6, 6.07) is 10.4. The van der Waals surface area contributed by atoms with Crippen molar-refractivity contribution >= 4 is 5.78 Å². The van der Waals surface area contributed by atoms with E-state index >= 15 is 0 Å². The second-order valence-electron chi connectivity index (χ2n) is 5.29. The van der Waals surface area contributed by atoms with Crippen LogP contribution in [0, 0.1) is 0 Å². The molecular formula is C17H19NO. The smallest absolute Gasteiger partial charge is 0.159 e. The molecule has 0 atom stereocenters. The van der Waals surface area contributed by atoms with Crippen molar-refractivity contribution in [1.82, 2.24) is 5.32 Å². The largest absolute Gasteiger partial charge is 0.384 e. The summed E-state index contributed by atoms with van der Waals surface area (Å²) in [6.45, 7) is 0.864. The lowest BCUT2D eigenvalue weighted by molar-refractivity contribution is -0.116. The maximum absolute atomic E-state index is 11.8. The highest BCUT2D eigenvalue weighted by Gasteiger charge is 2.22. The number of carbonyl (C=O) groups excluding carboxylic acids is 1. The minimum atomic E-state index is 0.375. The molecule has 1 aromatic rings. The van der Waals surface area contributed by atoms with Gasteiger partial charge in [0.05, 0.1) is 0 Å². The van der Waals surface area contributed by atoms with Crippen molar-refractivity contribution in [2.24, 2.45) is 0 Å². The number of nitrogens with one attached hydrogen (secondary N) is 1. The summed E-state index contributed by atoms with van der Waals surface area (Å²) in [5.41, 5.74) is 4.94. The molecule has 19 heavy (non-hydrogen) atoms. The zero-order chi connectivity index (χ0) is 13.1. The summed E-state index contributed by atoms with van der Waals surface area (Å²) in [5.74, 6) is 0.375. The van der Waals surface area contributed by atoms with Gasteiger partial charge in [0.1, 0.15) is 0 Å². The lowest BCUT2D eigenvalue weighted by atomic mass is 9.84. The Hall–Kier alpha value is -1.83. The molecule has 0 aromatic heterocycles. The van der Waals surface area contributed by atoms with Crippen LogP contribution in [0.5, 0.6) is 0 Å². The summed E-state index contributed by atoms with van der Waals surface area (Å²) < 4.78 is 0. The Labute approximate surface area is 114 Å². The summed E-state index contributed by atoms with van der Waals surface area (Å²) >= 11 is 0. The Balaban J connectivity index is 1.68. The first kappa shape index (κ1) is 12.2. The summed E-state index contributed by atoms with van der Waals surface area (Å²) in [7, 11) is 0. The Morgan fingerprint density at radius 2 is 1.84 bits per heavy atom. The molecule has 2 aliphatic rings. The highest BCUT2D eigenvalue weighted by molar-refractivity contribution is 5.97. The van der Waals surface area contributed by atoms with Gasteiger partial charge in [0.25, 0.3) is 0 Å². The summed E-state index contributed by atoms with van der Waals surface area (Å²) in [6.07, 6.45) is 6.93. The molecule has 3 rings (SSSR count). The molecular weight excluding hydrogens is 234 g/mol. The predicted molar refractivity (Wildman–Crippen MR) is 76.5 cm³/mol. The van der Waals surface area contributed by atoms with E-state index in [1.165, 1.54) is 16.8 Å². The fourth-order valence-electron chi connectivity index (χ4n) is 2.87. The van der Waals surface area contributed by atoms with E-state index in [9.17, 15) is 4.79 Å². The van der Waals surface area contributed by atoms with E-state index in [1.54, 1.807) is 0 Å². The van der Waals surface area contributed by atoms with E-state index in [0.29, 0.717) is 5.78 Å². The Bertz CT molecular complexity index is 540. The van der Waals surface area contributed by atoms with Crippen LogP contribution < -0.4 is 5.32 Å². The molecule has 0 aliphatic heterocycles. The van der Waals surface area contributed by atoms with Gasteiger partial charge in [0.15, 0.2) is 5.78 Å². The van der Waals surface area contributed by atoms with Gasteiger partial charge in [-0.25, -0.2) is 0 Å². The molecule has 98 valence electrons. The molecule has 0 fully saturated rings. The zero-order valence-electron chi connectivity index (χ0n) is 11.1. The Kier molecular flexibility index (Phi) is 3.49. The second kappa shape index (κ2) is 5.43. The maximum atomic E-state index is 11.8. The van der Waals surface area contributed by atoms with Crippen molar-refractivity contribution < 1.29 is 4.79 Å². The van der Waals surface area contributed by atoms with Gasteiger partial charge in [-0.15, -0.1) is 0 Å². The number of benzene rings is 1. The SMILES string of the molecule is O=C1CCCC2=C1CCC(NCc1ccccc1)=C2. The van der Waals surface area contributed by atoms with E-state index in [-0.39, 0.29) is 0 Å². The minimum Gasteiger partial charge on any atom is -0.384 e.